The van der Waals surface area contributed by atoms with E-state index < -0.39 is 0 Å². The summed E-state index contributed by atoms with van der Waals surface area (Å²) in [6.07, 6.45) is -0.0119. The van der Waals surface area contributed by atoms with Crippen molar-refractivity contribution >= 4 is 0 Å². The maximum atomic E-state index is 9.74. The van der Waals surface area contributed by atoms with Gasteiger partial charge in [0.2, 0.25) is 0 Å². The van der Waals surface area contributed by atoms with Gasteiger partial charge < -0.3 is 9.84 Å². The second kappa shape index (κ2) is 6.99. The first-order valence-electron chi connectivity index (χ1n) is 8.58. The zero-order chi connectivity index (χ0) is 17.1. The Kier molecular flexibility index (Phi) is 4.40. The molecule has 1 aliphatic rings. The molecule has 0 fully saturated rings. The Hall–Kier alpha value is -2.78. The molecule has 0 spiro atoms. The van der Waals surface area contributed by atoms with E-state index in [0.29, 0.717) is 5.75 Å². The van der Waals surface area contributed by atoms with Crippen molar-refractivity contribution in [3.8, 4) is 11.5 Å². The second-order valence-corrected chi connectivity index (χ2v) is 6.46. The number of aromatic hydroxyl groups is 1. The van der Waals surface area contributed by atoms with Crippen LogP contribution in [0.1, 0.15) is 22.8 Å². The molecular formula is C22H21NO2. The van der Waals surface area contributed by atoms with Crippen LogP contribution in [0.25, 0.3) is 0 Å². The molecule has 4 rings (SSSR count). The average molecular weight is 331 g/mol. The molecule has 1 unspecified atom stereocenters. The summed E-state index contributed by atoms with van der Waals surface area (Å²) < 4.78 is 6.34. The molecule has 1 atom stereocenters. The van der Waals surface area contributed by atoms with Gasteiger partial charge in [0.15, 0.2) is 0 Å². The summed E-state index contributed by atoms with van der Waals surface area (Å²) in [4.78, 5) is 2.37. The molecule has 3 aromatic rings. The molecule has 0 aliphatic carbocycles. The van der Waals surface area contributed by atoms with Gasteiger partial charge in [-0.2, -0.15) is 0 Å². The van der Waals surface area contributed by atoms with Gasteiger partial charge >= 0.3 is 0 Å². The number of hydrogen-bond donors (Lipinski definition) is 1. The van der Waals surface area contributed by atoms with Crippen molar-refractivity contribution in [2.45, 2.75) is 19.2 Å². The number of para-hydroxylation sites is 1. The number of hydrogen-bond acceptors (Lipinski definition) is 3. The third kappa shape index (κ3) is 3.67. The van der Waals surface area contributed by atoms with Gasteiger partial charge in [-0.05, 0) is 29.3 Å². The van der Waals surface area contributed by atoms with Crippen molar-refractivity contribution in [3.63, 3.8) is 0 Å². The second-order valence-electron chi connectivity index (χ2n) is 6.46. The number of phenols is 1. The van der Waals surface area contributed by atoms with Crippen LogP contribution in [0.3, 0.4) is 0 Å². The van der Waals surface area contributed by atoms with E-state index in [1.54, 1.807) is 6.07 Å². The Morgan fingerprint density at radius 2 is 1.72 bits per heavy atom. The summed E-state index contributed by atoms with van der Waals surface area (Å²) in [6.45, 7) is 2.40. The van der Waals surface area contributed by atoms with Gasteiger partial charge in [-0.15, -0.1) is 0 Å². The lowest BCUT2D eigenvalue weighted by Gasteiger charge is -2.24. The first kappa shape index (κ1) is 15.7. The molecule has 1 heterocycles. The molecule has 0 amide bonds. The highest BCUT2D eigenvalue weighted by Gasteiger charge is 2.24. The Bertz CT molecular complexity index is 847. The normalized spacial score (nSPS) is 17.4. The number of benzene rings is 3. The van der Waals surface area contributed by atoms with E-state index >= 15 is 0 Å². The topological polar surface area (TPSA) is 32.7 Å². The number of fused-ring (bicyclic) bond motifs is 1. The van der Waals surface area contributed by atoms with Crippen LogP contribution < -0.4 is 4.74 Å². The lowest BCUT2D eigenvalue weighted by atomic mass is 10.1. The minimum atomic E-state index is -0.0119. The molecular weight excluding hydrogens is 310 g/mol. The largest absolute Gasteiger partial charge is 0.508 e. The molecule has 0 bridgehead atoms. The van der Waals surface area contributed by atoms with Crippen molar-refractivity contribution in [3.05, 3.63) is 95.6 Å². The maximum Gasteiger partial charge on any atom is 0.136 e. The molecule has 0 saturated heterocycles. The lowest BCUT2D eigenvalue weighted by Crippen LogP contribution is -2.27. The standard InChI is InChI=1S/C22H21NO2/c24-20-11-6-7-17(13-20)14-23-15-19-10-4-5-12-21(19)25-22(16-23)18-8-2-1-3-9-18/h1-13,22,24H,14-16H2. The first-order chi connectivity index (χ1) is 12.3. The summed E-state index contributed by atoms with van der Waals surface area (Å²) in [6, 6.07) is 26.1. The van der Waals surface area contributed by atoms with Crippen molar-refractivity contribution in [1.29, 1.82) is 0 Å². The van der Waals surface area contributed by atoms with Crippen LogP contribution >= 0.6 is 0 Å². The monoisotopic (exact) mass is 331 g/mol. The van der Waals surface area contributed by atoms with E-state index in [9.17, 15) is 5.11 Å². The van der Waals surface area contributed by atoms with Gasteiger partial charge in [-0.25, -0.2) is 0 Å². The van der Waals surface area contributed by atoms with E-state index in [2.05, 4.69) is 47.4 Å². The third-order valence-electron chi connectivity index (χ3n) is 4.55. The predicted molar refractivity (Wildman–Crippen MR) is 98.5 cm³/mol. The smallest absolute Gasteiger partial charge is 0.136 e. The van der Waals surface area contributed by atoms with Gasteiger partial charge in [0.1, 0.15) is 17.6 Å². The molecule has 25 heavy (non-hydrogen) atoms. The first-order valence-corrected chi connectivity index (χ1v) is 8.58. The Morgan fingerprint density at radius 1 is 0.920 bits per heavy atom. The van der Waals surface area contributed by atoms with Crippen LogP contribution in [0.5, 0.6) is 11.5 Å². The third-order valence-corrected chi connectivity index (χ3v) is 4.55. The minimum absolute atomic E-state index is 0.0119. The number of ether oxygens (including phenoxy) is 1. The minimum Gasteiger partial charge on any atom is -0.508 e. The van der Waals surface area contributed by atoms with Gasteiger partial charge in [-0.1, -0.05) is 60.7 Å². The Morgan fingerprint density at radius 3 is 2.56 bits per heavy atom. The van der Waals surface area contributed by atoms with Crippen molar-refractivity contribution in [1.82, 2.24) is 4.90 Å². The summed E-state index contributed by atoms with van der Waals surface area (Å²) in [5.74, 6) is 1.26. The van der Waals surface area contributed by atoms with Crippen molar-refractivity contribution in [2.75, 3.05) is 6.54 Å². The summed E-state index contributed by atoms with van der Waals surface area (Å²) in [7, 11) is 0. The van der Waals surface area contributed by atoms with Crippen LogP contribution in [-0.2, 0) is 13.1 Å². The maximum absolute atomic E-state index is 9.74. The Balaban J connectivity index is 1.64. The van der Waals surface area contributed by atoms with Gasteiger partial charge in [0.05, 0.1) is 0 Å². The molecule has 1 aliphatic heterocycles. The summed E-state index contributed by atoms with van der Waals surface area (Å²) in [5, 5.41) is 9.74. The van der Waals surface area contributed by atoms with E-state index in [-0.39, 0.29) is 6.10 Å². The SMILES string of the molecule is Oc1cccc(CN2Cc3ccccc3OC(c3ccccc3)C2)c1. The highest BCUT2D eigenvalue weighted by Crippen LogP contribution is 2.31. The Labute approximate surface area is 148 Å². The van der Waals surface area contributed by atoms with Crippen LogP contribution in [0.15, 0.2) is 78.9 Å². The lowest BCUT2D eigenvalue weighted by molar-refractivity contribution is 0.144. The molecule has 0 saturated carbocycles. The average Bonchev–Trinajstić information content (AvgIpc) is 2.81. The fourth-order valence-corrected chi connectivity index (χ4v) is 3.35. The quantitative estimate of drug-likeness (QED) is 0.765. The molecule has 0 radical (unpaired) electrons. The van der Waals surface area contributed by atoms with Gasteiger partial charge in [-0.3, -0.25) is 4.90 Å². The van der Waals surface area contributed by atoms with Crippen LogP contribution in [0.4, 0.5) is 0 Å². The summed E-state index contributed by atoms with van der Waals surface area (Å²) in [5.41, 5.74) is 3.48. The highest BCUT2D eigenvalue weighted by atomic mass is 16.5. The number of nitrogens with zero attached hydrogens (tertiary/aromatic N) is 1. The predicted octanol–water partition coefficient (Wildman–Crippen LogP) is 4.53. The van der Waals surface area contributed by atoms with E-state index in [4.69, 9.17) is 4.74 Å². The molecule has 0 aromatic heterocycles. The molecule has 1 N–H and O–H groups in total. The van der Waals surface area contributed by atoms with Gasteiger partial charge in [0, 0.05) is 25.2 Å². The van der Waals surface area contributed by atoms with E-state index in [0.717, 1.165) is 30.9 Å². The highest BCUT2D eigenvalue weighted by molar-refractivity contribution is 5.36. The number of phenolic OH excluding ortho intramolecular Hbond substituents is 1. The molecule has 126 valence electrons. The van der Waals surface area contributed by atoms with Crippen LogP contribution in [-0.4, -0.2) is 16.6 Å². The van der Waals surface area contributed by atoms with Crippen LogP contribution in [0, 0.1) is 0 Å². The zero-order valence-corrected chi connectivity index (χ0v) is 14.0. The van der Waals surface area contributed by atoms with Crippen LogP contribution in [0.2, 0.25) is 0 Å². The molecule has 3 nitrogen and oxygen atoms in total. The summed E-state index contributed by atoms with van der Waals surface area (Å²) >= 11 is 0. The fourth-order valence-electron chi connectivity index (χ4n) is 3.35. The van der Waals surface area contributed by atoms with Crippen molar-refractivity contribution < 1.29 is 9.84 Å². The number of rotatable bonds is 3. The van der Waals surface area contributed by atoms with Crippen molar-refractivity contribution in [2.24, 2.45) is 0 Å². The van der Waals surface area contributed by atoms with Gasteiger partial charge in [0.25, 0.3) is 0 Å². The zero-order valence-electron chi connectivity index (χ0n) is 14.0. The molecule has 3 aromatic carbocycles. The fraction of sp³-hybridized carbons (Fsp3) is 0.182. The molecule has 3 heteroatoms. The van der Waals surface area contributed by atoms with E-state index in [1.165, 1.54) is 11.1 Å². The van der Waals surface area contributed by atoms with E-state index in [1.807, 2.05) is 30.3 Å².